The summed E-state index contributed by atoms with van der Waals surface area (Å²) >= 11 is 0. The number of carbonyl (C=O) groups is 1. The Morgan fingerprint density at radius 2 is 1.89 bits per heavy atom. The van der Waals surface area contributed by atoms with E-state index in [0.29, 0.717) is 25.7 Å². The highest BCUT2D eigenvalue weighted by Crippen LogP contribution is 2.11. The average molecular weight is 292 g/mol. The molecule has 1 heterocycles. The SMILES string of the molecule is CNS(=O)(=O)CCNC1CCN(C(=O)N(C)C)CC1. The minimum atomic E-state index is -3.14. The fourth-order valence-corrected chi connectivity index (χ4v) is 2.65. The van der Waals surface area contributed by atoms with Gasteiger partial charge in [0, 0.05) is 39.8 Å². The van der Waals surface area contributed by atoms with Crippen LogP contribution in [0.5, 0.6) is 0 Å². The van der Waals surface area contributed by atoms with Crippen molar-refractivity contribution in [2.75, 3.05) is 46.5 Å². The molecule has 8 heteroatoms. The molecule has 112 valence electrons. The van der Waals surface area contributed by atoms with E-state index in [1.807, 2.05) is 4.90 Å². The third kappa shape index (κ3) is 5.33. The molecular weight excluding hydrogens is 268 g/mol. The molecule has 0 bridgehead atoms. The topological polar surface area (TPSA) is 81.8 Å². The second-order valence-electron chi connectivity index (χ2n) is 4.92. The lowest BCUT2D eigenvalue weighted by Gasteiger charge is -2.34. The average Bonchev–Trinajstić information content (AvgIpc) is 2.38. The molecule has 1 rings (SSSR count). The first-order valence-corrected chi connectivity index (χ1v) is 8.12. The second kappa shape index (κ2) is 7.06. The van der Waals surface area contributed by atoms with Crippen LogP contribution in [-0.4, -0.2) is 76.8 Å². The molecule has 1 aliphatic heterocycles. The molecular formula is C11H24N4O3S. The summed E-state index contributed by atoms with van der Waals surface area (Å²) in [5.74, 6) is 0.0837. The highest BCUT2D eigenvalue weighted by Gasteiger charge is 2.23. The number of piperidine rings is 1. The molecule has 0 saturated carbocycles. The van der Waals surface area contributed by atoms with Crippen molar-refractivity contribution in [3.63, 3.8) is 0 Å². The van der Waals surface area contributed by atoms with Crippen LogP contribution >= 0.6 is 0 Å². The van der Waals surface area contributed by atoms with Crippen molar-refractivity contribution < 1.29 is 13.2 Å². The van der Waals surface area contributed by atoms with E-state index in [0.717, 1.165) is 12.8 Å². The Morgan fingerprint density at radius 3 is 2.37 bits per heavy atom. The Kier molecular flexibility index (Phi) is 6.02. The molecule has 7 nitrogen and oxygen atoms in total. The number of rotatable bonds is 5. The number of likely N-dealkylation sites (tertiary alicyclic amines) is 1. The van der Waals surface area contributed by atoms with Gasteiger partial charge in [-0.3, -0.25) is 0 Å². The van der Waals surface area contributed by atoms with Crippen LogP contribution in [0.1, 0.15) is 12.8 Å². The minimum absolute atomic E-state index is 0.0382. The molecule has 0 unspecified atom stereocenters. The molecule has 1 aliphatic rings. The summed E-state index contributed by atoms with van der Waals surface area (Å²) in [5, 5.41) is 3.23. The van der Waals surface area contributed by atoms with Crippen molar-refractivity contribution in [2.24, 2.45) is 0 Å². The summed E-state index contributed by atoms with van der Waals surface area (Å²) < 4.78 is 24.8. The van der Waals surface area contributed by atoms with Gasteiger partial charge in [0.05, 0.1) is 5.75 Å². The normalized spacial score (nSPS) is 17.5. The monoisotopic (exact) mass is 292 g/mol. The maximum atomic E-state index is 11.7. The van der Waals surface area contributed by atoms with Crippen molar-refractivity contribution >= 4 is 16.1 Å². The van der Waals surface area contributed by atoms with Crippen LogP contribution in [0.4, 0.5) is 4.79 Å². The van der Waals surface area contributed by atoms with Crippen LogP contribution in [0.3, 0.4) is 0 Å². The zero-order valence-electron chi connectivity index (χ0n) is 11.8. The number of sulfonamides is 1. The van der Waals surface area contributed by atoms with Crippen molar-refractivity contribution in [1.82, 2.24) is 19.8 Å². The fraction of sp³-hybridized carbons (Fsp3) is 0.909. The smallest absolute Gasteiger partial charge is 0.319 e. The lowest BCUT2D eigenvalue weighted by Crippen LogP contribution is -2.48. The molecule has 0 spiro atoms. The molecule has 1 saturated heterocycles. The van der Waals surface area contributed by atoms with Gasteiger partial charge in [-0.25, -0.2) is 17.9 Å². The van der Waals surface area contributed by atoms with E-state index in [4.69, 9.17) is 0 Å². The number of hydrogen-bond donors (Lipinski definition) is 2. The van der Waals surface area contributed by atoms with Gasteiger partial charge in [0.1, 0.15) is 0 Å². The maximum absolute atomic E-state index is 11.7. The highest BCUT2D eigenvalue weighted by molar-refractivity contribution is 7.89. The van der Waals surface area contributed by atoms with Gasteiger partial charge < -0.3 is 15.1 Å². The number of urea groups is 1. The summed E-state index contributed by atoms with van der Waals surface area (Å²) in [6.45, 7) is 1.87. The van der Waals surface area contributed by atoms with Gasteiger partial charge in [0.2, 0.25) is 10.0 Å². The van der Waals surface area contributed by atoms with Gasteiger partial charge in [-0.05, 0) is 19.9 Å². The summed E-state index contributed by atoms with van der Waals surface area (Å²) in [7, 11) is 1.77. The van der Waals surface area contributed by atoms with Crippen LogP contribution in [0.25, 0.3) is 0 Å². The highest BCUT2D eigenvalue weighted by atomic mass is 32.2. The number of hydrogen-bond acceptors (Lipinski definition) is 4. The first-order valence-electron chi connectivity index (χ1n) is 6.46. The van der Waals surface area contributed by atoms with Crippen LogP contribution < -0.4 is 10.0 Å². The molecule has 2 amide bonds. The molecule has 0 radical (unpaired) electrons. The largest absolute Gasteiger partial charge is 0.331 e. The summed E-state index contributed by atoms with van der Waals surface area (Å²) in [4.78, 5) is 15.1. The molecule has 0 atom stereocenters. The number of amides is 2. The predicted octanol–water partition coefficient (Wildman–Crippen LogP) is -0.729. The Morgan fingerprint density at radius 1 is 1.32 bits per heavy atom. The van der Waals surface area contributed by atoms with E-state index in [1.54, 1.807) is 19.0 Å². The molecule has 1 fully saturated rings. The number of carbonyl (C=O) groups excluding carboxylic acids is 1. The first kappa shape index (κ1) is 16.2. The number of nitrogens with zero attached hydrogens (tertiary/aromatic N) is 2. The van der Waals surface area contributed by atoms with Gasteiger partial charge in [0.25, 0.3) is 0 Å². The molecule has 0 aromatic rings. The quantitative estimate of drug-likeness (QED) is 0.700. The van der Waals surface area contributed by atoms with E-state index < -0.39 is 10.0 Å². The van der Waals surface area contributed by atoms with E-state index in [9.17, 15) is 13.2 Å². The summed E-state index contributed by atoms with van der Waals surface area (Å²) in [6, 6.07) is 0.328. The van der Waals surface area contributed by atoms with Crippen LogP contribution in [0.2, 0.25) is 0 Å². The Bertz CT molecular complexity index is 389. The molecule has 19 heavy (non-hydrogen) atoms. The van der Waals surface area contributed by atoms with Gasteiger partial charge in [-0.2, -0.15) is 0 Å². The third-order valence-electron chi connectivity index (χ3n) is 3.26. The maximum Gasteiger partial charge on any atom is 0.319 e. The van der Waals surface area contributed by atoms with Gasteiger partial charge in [0.15, 0.2) is 0 Å². The van der Waals surface area contributed by atoms with Crippen molar-refractivity contribution in [3.05, 3.63) is 0 Å². The lowest BCUT2D eigenvalue weighted by molar-refractivity contribution is 0.153. The molecule has 0 aliphatic carbocycles. The van der Waals surface area contributed by atoms with E-state index in [-0.39, 0.29) is 11.8 Å². The fourth-order valence-electron chi connectivity index (χ4n) is 2.06. The lowest BCUT2D eigenvalue weighted by atomic mass is 10.1. The van der Waals surface area contributed by atoms with Crippen LogP contribution in [-0.2, 0) is 10.0 Å². The molecule has 0 aromatic carbocycles. The second-order valence-corrected chi connectivity index (χ2v) is 6.96. The zero-order chi connectivity index (χ0) is 14.5. The van der Waals surface area contributed by atoms with Crippen molar-refractivity contribution in [2.45, 2.75) is 18.9 Å². The van der Waals surface area contributed by atoms with Gasteiger partial charge in [-0.1, -0.05) is 0 Å². The van der Waals surface area contributed by atoms with Gasteiger partial charge in [-0.15, -0.1) is 0 Å². The van der Waals surface area contributed by atoms with Gasteiger partial charge >= 0.3 is 6.03 Å². The minimum Gasteiger partial charge on any atom is -0.331 e. The summed E-state index contributed by atoms with van der Waals surface area (Å²) in [5.41, 5.74) is 0. The van der Waals surface area contributed by atoms with Crippen LogP contribution in [0, 0.1) is 0 Å². The zero-order valence-corrected chi connectivity index (χ0v) is 12.7. The number of nitrogens with one attached hydrogen (secondary N) is 2. The molecule has 0 aromatic heterocycles. The van der Waals surface area contributed by atoms with E-state index in [2.05, 4.69) is 10.0 Å². The first-order chi connectivity index (χ1) is 8.85. The van der Waals surface area contributed by atoms with Crippen LogP contribution in [0.15, 0.2) is 0 Å². The van der Waals surface area contributed by atoms with Crippen molar-refractivity contribution in [1.29, 1.82) is 0 Å². The van der Waals surface area contributed by atoms with Crippen molar-refractivity contribution in [3.8, 4) is 0 Å². The predicted molar refractivity (Wildman–Crippen MR) is 74.5 cm³/mol. The van der Waals surface area contributed by atoms with E-state index >= 15 is 0 Å². The Balaban J connectivity index is 2.26. The third-order valence-corrected chi connectivity index (χ3v) is 4.63. The Labute approximate surface area is 115 Å². The van der Waals surface area contributed by atoms with E-state index in [1.165, 1.54) is 7.05 Å². The summed E-state index contributed by atoms with van der Waals surface area (Å²) in [6.07, 6.45) is 1.72. The standard InChI is InChI=1S/C11H24N4O3S/c1-12-19(17,18)9-6-13-10-4-7-15(8-5-10)11(16)14(2)3/h10,12-13H,4-9H2,1-3H3. The molecule has 2 N–H and O–H groups in total. The Hall–Kier alpha value is -0.860.